The SMILES string of the molecule is CC(=Cc1ccc(OC2OC(C(C)=CCOc3ccc(F)cc3Cl)C(O)C2O)c(OP(=O)(O)O)c1)C(=O)NC1C(O)C(O)C2OCOC2C1O. The van der Waals surface area contributed by atoms with E-state index in [0.717, 1.165) is 12.1 Å². The van der Waals surface area contributed by atoms with Gasteiger partial charge < -0.3 is 59.1 Å². The molecule has 1 saturated carbocycles. The summed E-state index contributed by atoms with van der Waals surface area (Å²) in [6.07, 6.45) is -9.27. The van der Waals surface area contributed by atoms with Crippen LogP contribution in [0.2, 0.25) is 5.02 Å². The Morgan fingerprint density at radius 2 is 1.64 bits per heavy atom. The van der Waals surface area contributed by atoms with E-state index in [1.165, 1.54) is 43.3 Å². The van der Waals surface area contributed by atoms with Crippen molar-refractivity contribution < 1.29 is 77.3 Å². The third kappa shape index (κ3) is 8.65. The number of hydrogen-bond acceptors (Lipinski definition) is 13. The molecule has 0 spiro atoms. The number of amides is 1. The maximum atomic E-state index is 13.3. The van der Waals surface area contributed by atoms with Crippen LogP contribution in [0, 0.1) is 5.82 Å². The largest absolute Gasteiger partial charge is 0.524 e. The van der Waals surface area contributed by atoms with Crippen molar-refractivity contribution in [2.24, 2.45) is 0 Å². The van der Waals surface area contributed by atoms with E-state index in [0.29, 0.717) is 5.57 Å². The molecule has 2 saturated heterocycles. The number of fused-ring (bicyclic) bond motifs is 1. The summed E-state index contributed by atoms with van der Waals surface area (Å²) in [6, 6.07) is 6.03. The molecule has 1 amide bonds. The van der Waals surface area contributed by atoms with Crippen molar-refractivity contribution in [2.45, 2.75) is 75.0 Å². The van der Waals surface area contributed by atoms with Crippen LogP contribution in [0.15, 0.2) is 53.6 Å². The topological polar surface area (TPSA) is 243 Å². The molecule has 0 aromatic heterocycles. The van der Waals surface area contributed by atoms with Gasteiger partial charge in [0.05, 0.1) is 11.1 Å². The standard InChI is InChI=1S/C31H36ClFNO15P/c1-13(7-8-44-18-6-4-16(33)11-17(18)32)27-25(38)26(39)31(48-27)47-19-5-3-15(10-20(19)49-50(41,42)43)9-14(2)30(40)34-21-22(35)24(37)29-28(23(21)36)45-12-46-29/h3-7,9-11,21-29,31,35-39H,8,12H2,1-2H3,(H,34,40)(H2,41,42,43). The molecule has 274 valence electrons. The quantitative estimate of drug-likeness (QED) is 0.0888. The molecule has 50 heavy (non-hydrogen) atoms. The molecular weight excluding hydrogens is 712 g/mol. The molecule has 0 radical (unpaired) electrons. The number of hydrogen-bond donors (Lipinski definition) is 8. The number of aliphatic hydroxyl groups excluding tert-OH is 5. The summed E-state index contributed by atoms with van der Waals surface area (Å²) >= 11 is 5.96. The van der Waals surface area contributed by atoms with Crippen molar-refractivity contribution >= 4 is 31.4 Å². The second kappa shape index (κ2) is 15.6. The van der Waals surface area contributed by atoms with Gasteiger partial charge in [-0.15, -0.1) is 0 Å². The number of ether oxygens (including phenoxy) is 5. The van der Waals surface area contributed by atoms with Crippen LogP contribution in [0.5, 0.6) is 17.2 Å². The fourth-order valence-corrected chi connectivity index (χ4v) is 6.28. The summed E-state index contributed by atoms with van der Waals surface area (Å²) in [5.41, 5.74) is 0.638. The second-order valence-electron chi connectivity index (χ2n) is 11.8. The number of phosphoric acid groups is 1. The van der Waals surface area contributed by atoms with Crippen LogP contribution in [0.4, 0.5) is 4.39 Å². The first kappa shape index (κ1) is 38.1. The number of carbonyl (C=O) groups is 1. The van der Waals surface area contributed by atoms with Crippen LogP contribution >= 0.6 is 19.4 Å². The normalized spacial score (nSPS) is 31.7. The predicted molar refractivity (Wildman–Crippen MR) is 169 cm³/mol. The van der Waals surface area contributed by atoms with Gasteiger partial charge in [0.15, 0.2) is 11.5 Å². The van der Waals surface area contributed by atoms with E-state index in [4.69, 9.17) is 39.8 Å². The summed E-state index contributed by atoms with van der Waals surface area (Å²) in [7, 11) is -5.17. The number of nitrogens with one attached hydrogen (secondary N) is 1. The monoisotopic (exact) mass is 747 g/mol. The average Bonchev–Trinajstić information content (AvgIpc) is 3.65. The minimum absolute atomic E-state index is 0.0221. The maximum Gasteiger partial charge on any atom is 0.524 e. The van der Waals surface area contributed by atoms with E-state index >= 15 is 0 Å². The number of rotatable bonds is 11. The molecule has 8 N–H and O–H groups in total. The molecule has 16 nitrogen and oxygen atoms in total. The Morgan fingerprint density at radius 1 is 0.960 bits per heavy atom. The average molecular weight is 748 g/mol. The van der Waals surface area contributed by atoms with Crippen LogP contribution < -0.4 is 19.3 Å². The zero-order valence-electron chi connectivity index (χ0n) is 26.4. The van der Waals surface area contributed by atoms with Gasteiger partial charge in [0.1, 0.15) is 73.8 Å². The Bertz CT molecular complexity index is 1670. The molecule has 2 heterocycles. The van der Waals surface area contributed by atoms with Crippen molar-refractivity contribution in [2.75, 3.05) is 13.4 Å². The lowest BCUT2D eigenvalue weighted by Crippen LogP contribution is -2.67. The van der Waals surface area contributed by atoms with E-state index in [2.05, 4.69) is 5.32 Å². The van der Waals surface area contributed by atoms with Gasteiger partial charge in [0.2, 0.25) is 12.2 Å². The van der Waals surface area contributed by atoms with Gasteiger partial charge in [-0.3, -0.25) is 14.6 Å². The lowest BCUT2D eigenvalue weighted by atomic mass is 9.83. The minimum Gasteiger partial charge on any atom is -0.488 e. The summed E-state index contributed by atoms with van der Waals surface area (Å²) in [4.78, 5) is 32.1. The third-order valence-corrected chi connectivity index (χ3v) is 9.01. The van der Waals surface area contributed by atoms with Crippen molar-refractivity contribution in [3.8, 4) is 17.2 Å². The van der Waals surface area contributed by atoms with Crippen molar-refractivity contribution in [3.05, 3.63) is 70.0 Å². The molecule has 0 bridgehead atoms. The Kier molecular flexibility index (Phi) is 11.9. The molecule has 10 atom stereocenters. The van der Waals surface area contributed by atoms with E-state index in [-0.39, 0.29) is 41.1 Å². The first-order chi connectivity index (χ1) is 23.5. The van der Waals surface area contributed by atoms with Crippen molar-refractivity contribution in [1.29, 1.82) is 0 Å². The zero-order chi connectivity index (χ0) is 36.5. The fourth-order valence-electron chi connectivity index (χ4n) is 5.66. The molecule has 3 aliphatic rings. The first-order valence-corrected chi connectivity index (χ1v) is 17.0. The highest BCUT2D eigenvalue weighted by molar-refractivity contribution is 7.46. The molecule has 5 rings (SSSR count). The highest BCUT2D eigenvalue weighted by Gasteiger charge is 2.53. The number of carbonyl (C=O) groups excluding carboxylic acids is 1. The summed E-state index contributed by atoms with van der Waals surface area (Å²) in [6.45, 7) is 2.72. The van der Waals surface area contributed by atoms with Crippen LogP contribution in [0.25, 0.3) is 6.08 Å². The zero-order valence-corrected chi connectivity index (χ0v) is 28.1. The summed E-state index contributed by atoms with van der Waals surface area (Å²) in [5, 5.41) is 55.3. The van der Waals surface area contributed by atoms with Crippen LogP contribution in [0.1, 0.15) is 19.4 Å². The predicted octanol–water partition coefficient (Wildman–Crippen LogP) is 0.527. The van der Waals surface area contributed by atoms with Gasteiger partial charge in [-0.05, 0) is 67.5 Å². The Hall–Kier alpha value is -3.16. The molecule has 2 aromatic carbocycles. The van der Waals surface area contributed by atoms with Crippen molar-refractivity contribution in [1.82, 2.24) is 5.32 Å². The van der Waals surface area contributed by atoms with Gasteiger partial charge in [0, 0.05) is 5.57 Å². The molecule has 10 unspecified atom stereocenters. The smallest absolute Gasteiger partial charge is 0.488 e. The van der Waals surface area contributed by atoms with E-state index in [1.54, 1.807) is 6.92 Å². The highest BCUT2D eigenvalue weighted by Crippen LogP contribution is 2.44. The Balaban J connectivity index is 1.27. The summed E-state index contributed by atoms with van der Waals surface area (Å²) in [5.74, 6) is -1.88. The van der Waals surface area contributed by atoms with Gasteiger partial charge >= 0.3 is 7.82 Å². The highest BCUT2D eigenvalue weighted by atomic mass is 35.5. The van der Waals surface area contributed by atoms with E-state index in [9.17, 15) is 49.1 Å². The number of halogens is 2. The van der Waals surface area contributed by atoms with Gasteiger partial charge in [0.25, 0.3) is 0 Å². The molecule has 3 fully saturated rings. The molecule has 1 aliphatic carbocycles. The Morgan fingerprint density at radius 3 is 2.32 bits per heavy atom. The molecule has 2 aliphatic heterocycles. The molecule has 2 aromatic rings. The van der Waals surface area contributed by atoms with Gasteiger partial charge in [-0.1, -0.05) is 17.7 Å². The number of benzene rings is 2. The maximum absolute atomic E-state index is 13.3. The molecule has 19 heteroatoms. The third-order valence-electron chi connectivity index (χ3n) is 8.28. The van der Waals surface area contributed by atoms with Gasteiger partial charge in [-0.2, -0.15) is 0 Å². The second-order valence-corrected chi connectivity index (χ2v) is 13.4. The fraction of sp³-hybridized carbons (Fsp3) is 0.452. The lowest BCUT2D eigenvalue weighted by molar-refractivity contribution is -0.155. The number of aliphatic hydroxyl groups is 5. The van der Waals surface area contributed by atoms with Crippen LogP contribution in [-0.2, 0) is 23.6 Å². The number of phosphoric ester groups is 1. The van der Waals surface area contributed by atoms with Crippen LogP contribution in [0.3, 0.4) is 0 Å². The van der Waals surface area contributed by atoms with Crippen molar-refractivity contribution in [3.63, 3.8) is 0 Å². The van der Waals surface area contributed by atoms with Gasteiger partial charge in [-0.25, -0.2) is 8.96 Å². The van der Waals surface area contributed by atoms with Crippen LogP contribution in [-0.4, -0.2) is 116 Å². The minimum atomic E-state index is -5.17. The lowest BCUT2D eigenvalue weighted by Gasteiger charge is -2.41. The van der Waals surface area contributed by atoms with E-state index in [1.807, 2.05) is 0 Å². The molecular formula is C31H36ClFNO15P. The Labute approximate surface area is 289 Å². The summed E-state index contributed by atoms with van der Waals surface area (Å²) < 4.78 is 57.3. The first-order valence-electron chi connectivity index (χ1n) is 15.1. The van der Waals surface area contributed by atoms with E-state index < -0.39 is 86.5 Å².